The number of alkyl halides is 2. The topological polar surface area (TPSA) is 18.5 Å². The smallest absolute Gasteiger partial charge is 0.395 e. The highest BCUT2D eigenvalue weighted by Crippen LogP contribution is 2.36. The van der Waals surface area contributed by atoms with Crippen LogP contribution in [0.15, 0.2) is 36.3 Å². The maximum atomic E-state index is 12.4. The summed E-state index contributed by atoms with van der Waals surface area (Å²) in [6.45, 7) is 8.31. The summed E-state index contributed by atoms with van der Waals surface area (Å²) in [6.07, 6.45) is -2.43. The molecule has 1 heterocycles. The molecule has 0 fully saturated rings. The first kappa shape index (κ1) is 8.77. The summed E-state index contributed by atoms with van der Waals surface area (Å²) in [4.78, 5) is 0. The number of allylic oxidation sites excluding steroid dienone is 2. The van der Waals surface area contributed by atoms with E-state index in [0.717, 1.165) is 6.08 Å². The average molecular weight is 174 g/mol. The van der Waals surface area contributed by atoms with Gasteiger partial charge in [0.05, 0.1) is 0 Å². The Morgan fingerprint density at radius 2 is 2.08 bits per heavy atom. The molecule has 0 aromatic rings. The molecule has 0 aromatic carbocycles. The molecule has 12 heavy (non-hydrogen) atoms. The van der Waals surface area contributed by atoms with Crippen molar-refractivity contribution in [3.05, 3.63) is 36.3 Å². The molecule has 0 unspecified atom stereocenters. The second kappa shape index (κ2) is 2.62. The van der Waals surface area contributed by atoms with E-state index < -0.39 is 6.29 Å². The lowest BCUT2D eigenvalue weighted by molar-refractivity contribution is -0.335. The van der Waals surface area contributed by atoms with Crippen molar-refractivity contribution in [3.63, 3.8) is 0 Å². The molecule has 0 spiro atoms. The van der Waals surface area contributed by atoms with Gasteiger partial charge in [0.2, 0.25) is 0 Å². The number of hydrogen-bond donors (Lipinski definition) is 0. The van der Waals surface area contributed by atoms with Gasteiger partial charge >= 0.3 is 6.29 Å². The van der Waals surface area contributed by atoms with E-state index in [1.165, 1.54) is 0 Å². The number of ether oxygens (including phenoxy) is 2. The van der Waals surface area contributed by atoms with E-state index in [1.54, 1.807) is 6.92 Å². The van der Waals surface area contributed by atoms with Crippen LogP contribution in [0.3, 0.4) is 0 Å². The maximum Gasteiger partial charge on any atom is 0.586 e. The lowest BCUT2D eigenvalue weighted by Crippen LogP contribution is -2.16. The Balaban J connectivity index is 2.95. The number of hydrogen-bond acceptors (Lipinski definition) is 2. The Bertz CT molecular complexity index is 266. The van der Waals surface area contributed by atoms with Crippen molar-refractivity contribution in [3.8, 4) is 0 Å². The van der Waals surface area contributed by atoms with Crippen molar-refractivity contribution in [1.82, 2.24) is 0 Å². The molecule has 2 nitrogen and oxygen atoms in total. The first-order valence-corrected chi connectivity index (χ1v) is 3.24. The summed E-state index contributed by atoms with van der Waals surface area (Å²) in [6, 6.07) is 0. The second-order valence-corrected chi connectivity index (χ2v) is 2.35. The Kier molecular flexibility index (Phi) is 1.92. The minimum atomic E-state index is -3.59. The Morgan fingerprint density at radius 1 is 1.50 bits per heavy atom. The Hall–Kier alpha value is -1.32. The lowest BCUT2D eigenvalue weighted by Gasteiger charge is -2.07. The fourth-order valence-corrected chi connectivity index (χ4v) is 0.796. The van der Waals surface area contributed by atoms with Crippen molar-refractivity contribution < 1.29 is 18.3 Å². The molecule has 0 atom stereocenters. The van der Waals surface area contributed by atoms with E-state index in [-0.39, 0.29) is 11.5 Å². The van der Waals surface area contributed by atoms with Crippen molar-refractivity contribution >= 4 is 0 Å². The first-order chi connectivity index (χ1) is 5.46. The normalized spacial score (nSPS) is 19.9. The highest BCUT2D eigenvalue weighted by Gasteiger charge is 2.44. The molecule has 1 rings (SSSR count). The van der Waals surface area contributed by atoms with Crippen LogP contribution in [0.2, 0.25) is 0 Å². The van der Waals surface area contributed by atoms with E-state index in [0.29, 0.717) is 5.57 Å². The zero-order chi connectivity index (χ0) is 9.35. The third-order valence-corrected chi connectivity index (χ3v) is 1.25. The van der Waals surface area contributed by atoms with Gasteiger partial charge in [-0.2, -0.15) is 0 Å². The van der Waals surface area contributed by atoms with E-state index in [9.17, 15) is 8.78 Å². The molecule has 0 N–H and O–H groups in total. The SMILES string of the molecule is C=CC1=C(C(=C)C)OC(F)(F)O1. The van der Waals surface area contributed by atoms with Gasteiger partial charge in [0.15, 0.2) is 11.5 Å². The van der Waals surface area contributed by atoms with Gasteiger partial charge in [-0.15, -0.1) is 8.78 Å². The summed E-state index contributed by atoms with van der Waals surface area (Å²) < 4.78 is 33.1. The predicted molar refractivity (Wildman–Crippen MR) is 39.2 cm³/mol. The third-order valence-electron chi connectivity index (χ3n) is 1.25. The number of rotatable bonds is 2. The molecule has 1 aliphatic heterocycles. The van der Waals surface area contributed by atoms with Crippen LogP contribution in [0.25, 0.3) is 0 Å². The summed E-state index contributed by atoms with van der Waals surface area (Å²) in [7, 11) is 0. The van der Waals surface area contributed by atoms with Gasteiger partial charge < -0.3 is 9.47 Å². The van der Waals surface area contributed by atoms with Gasteiger partial charge in [-0.05, 0) is 18.6 Å². The quantitative estimate of drug-likeness (QED) is 0.640. The zero-order valence-corrected chi connectivity index (χ0v) is 6.56. The lowest BCUT2D eigenvalue weighted by atomic mass is 10.2. The monoisotopic (exact) mass is 174 g/mol. The van der Waals surface area contributed by atoms with Crippen LogP contribution in [0.5, 0.6) is 0 Å². The van der Waals surface area contributed by atoms with Crippen LogP contribution >= 0.6 is 0 Å². The largest absolute Gasteiger partial charge is 0.586 e. The van der Waals surface area contributed by atoms with Gasteiger partial charge in [-0.3, -0.25) is 0 Å². The van der Waals surface area contributed by atoms with Crippen LogP contribution in [0.4, 0.5) is 8.78 Å². The Labute approximate surface area is 68.8 Å². The standard InChI is InChI=1S/C8H8F2O2/c1-4-6-7(5(2)3)12-8(9,10)11-6/h4H,1-2H2,3H3. The molecule has 1 aliphatic rings. The predicted octanol–water partition coefficient (Wildman–Crippen LogP) is 2.56. The zero-order valence-electron chi connectivity index (χ0n) is 6.56. The molecular formula is C8H8F2O2. The Morgan fingerprint density at radius 3 is 2.42 bits per heavy atom. The number of halogens is 2. The van der Waals surface area contributed by atoms with Gasteiger partial charge in [0, 0.05) is 0 Å². The average Bonchev–Trinajstić information content (AvgIpc) is 2.25. The maximum absolute atomic E-state index is 12.4. The van der Waals surface area contributed by atoms with Crippen LogP contribution < -0.4 is 0 Å². The van der Waals surface area contributed by atoms with E-state index >= 15 is 0 Å². The van der Waals surface area contributed by atoms with Gasteiger partial charge in [0.25, 0.3) is 0 Å². The summed E-state index contributed by atoms with van der Waals surface area (Å²) >= 11 is 0. The van der Waals surface area contributed by atoms with Gasteiger partial charge in [-0.25, -0.2) is 0 Å². The molecule has 0 aliphatic carbocycles. The first-order valence-electron chi connectivity index (χ1n) is 3.24. The molecule has 0 aromatic heterocycles. The molecular weight excluding hydrogens is 166 g/mol. The van der Waals surface area contributed by atoms with Crippen molar-refractivity contribution in [1.29, 1.82) is 0 Å². The van der Waals surface area contributed by atoms with Crippen LogP contribution in [0.1, 0.15) is 6.92 Å². The molecule has 0 radical (unpaired) electrons. The van der Waals surface area contributed by atoms with E-state index in [1.807, 2.05) is 0 Å². The molecule has 0 saturated carbocycles. The third kappa shape index (κ3) is 1.47. The minimum Gasteiger partial charge on any atom is -0.395 e. The summed E-state index contributed by atoms with van der Waals surface area (Å²) in [5.41, 5.74) is 0.377. The highest BCUT2D eigenvalue weighted by atomic mass is 19.3. The fraction of sp³-hybridized carbons (Fsp3) is 0.250. The van der Waals surface area contributed by atoms with Crippen LogP contribution in [-0.2, 0) is 9.47 Å². The van der Waals surface area contributed by atoms with Gasteiger partial charge in [-0.1, -0.05) is 13.2 Å². The van der Waals surface area contributed by atoms with E-state index in [4.69, 9.17) is 0 Å². The van der Waals surface area contributed by atoms with Crippen molar-refractivity contribution in [2.45, 2.75) is 13.2 Å². The van der Waals surface area contributed by atoms with Gasteiger partial charge in [0.1, 0.15) is 0 Å². The summed E-state index contributed by atoms with van der Waals surface area (Å²) in [5.74, 6) is -0.123. The molecule has 66 valence electrons. The molecule has 0 bridgehead atoms. The van der Waals surface area contributed by atoms with Crippen LogP contribution in [-0.4, -0.2) is 6.29 Å². The highest BCUT2D eigenvalue weighted by molar-refractivity contribution is 5.31. The molecule has 4 heteroatoms. The fourth-order valence-electron chi connectivity index (χ4n) is 0.796. The summed E-state index contributed by atoms with van der Waals surface area (Å²) in [5, 5.41) is 0. The second-order valence-electron chi connectivity index (χ2n) is 2.35. The van der Waals surface area contributed by atoms with Crippen molar-refractivity contribution in [2.75, 3.05) is 0 Å². The minimum absolute atomic E-state index is 0.0463. The van der Waals surface area contributed by atoms with Crippen molar-refractivity contribution in [2.24, 2.45) is 0 Å². The van der Waals surface area contributed by atoms with Crippen LogP contribution in [0, 0.1) is 0 Å². The molecule has 0 amide bonds. The van der Waals surface area contributed by atoms with E-state index in [2.05, 4.69) is 22.6 Å². The molecule has 0 saturated heterocycles.